The first-order valence-corrected chi connectivity index (χ1v) is 8.60. The minimum Gasteiger partial charge on any atom is -0.389 e. The van der Waals surface area contributed by atoms with Gasteiger partial charge in [0.1, 0.15) is 11.6 Å². The van der Waals surface area contributed by atoms with E-state index in [-0.39, 0.29) is 19.0 Å². The van der Waals surface area contributed by atoms with Crippen LogP contribution in [-0.4, -0.2) is 60.4 Å². The fourth-order valence-corrected chi connectivity index (χ4v) is 2.97. The average molecular weight is 345 g/mol. The molecule has 0 radical (unpaired) electrons. The van der Waals surface area contributed by atoms with Crippen LogP contribution in [0.3, 0.4) is 0 Å². The normalized spacial score (nSPS) is 16.8. The second-order valence-electron chi connectivity index (χ2n) is 6.24. The van der Waals surface area contributed by atoms with Gasteiger partial charge in [-0.05, 0) is 18.2 Å². The van der Waals surface area contributed by atoms with Crippen LogP contribution in [0.5, 0.6) is 0 Å². The van der Waals surface area contributed by atoms with Gasteiger partial charge in [-0.25, -0.2) is 9.37 Å². The average Bonchev–Trinajstić information content (AvgIpc) is 2.65. The number of aromatic nitrogens is 1. The largest absolute Gasteiger partial charge is 0.389 e. The van der Waals surface area contributed by atoms with E-state index < -0.39 is 6.10 Å². The molecule has 1 aromatic carbocycles. The highest BCUT2D eigenvalue weighted by Crippen LogP contribution is 2.13. The lowest BCUT2D eigenvalue weighted by molar-refractivity contribution is 0.00837. The first kappa shape index (κ1) is 17.8. The predicted molar refractivity (Wildman–Crippen MR) is 95.0 cm³/mol. The number of aliphatic hydroxyl groups excluding tert-OH is 1. The molecule has 0 spiro atoms. The number of anilines is 1. The van der Waals surface area contributed by atoms with Crippen LogP contribution in [0.4, 0.5) is 10.2 Å². The van der Waals surface area contributed by atoms with Crippen molar-refractivity contribution in [3.05, 3.63) is 60.0 Å². The third-order valence-corrected chi connectivity index (χ3v) is 4.34. The lowest BCUT2D eigenvalue weighted by Gasteiger charge is -2.36. The Hall–Kier alpha value is -2.02. The number of hydrogen-bond donors (Lipinski definition) is 1. The third kappa shape index (κ3) is 5.22. The second-order valence-corrected chi connectivity index (χ2v) is 6.24. The smallest absolute Gasteiger partial charge is 0.128 e. The number of ether oxygens (including phenoxy) is 1. The molecule has 1 aliphatic heterocycles. The highest BCUT2D eigenvalue weighted by molar-refractivity contribution is 5.38. The number of pyridine rings is 1. The molecular weight excluding hydrogens is 321 g/mol. The standard InChI is InChI=1S/C19H24FN3O2/c20-18-6-2-1-5-16(18)14-25-15-17(24)13-22-9-11-23(12-10-22)19-7-3-4-8-21-19/h1-8,17,24H,9-15H2. The summed E-state index contributed by atoms with van der Waals surface area (Å²) in [6.07, 6.45) is 1.23. The third-order valence-electron chi connectivity index (χ3n) is 4.34. The van der Waals surface area contributed by atoms with Crippen LogP contribution in [0.1, 0.15) is 5.56 Å². The minimum absolute atomic E-state index is 0.178. The van der Waals surface area contributed by atoms with E-state index in [0.717, 1.165) is 32.0 Å². The monoisotopic (exact) mass is 345 g/mol. The fourth-order valence-electron chi connectivity index (χ4n) is 2.97. The number of hydrogen-bond acceptors (Lipinski definition) is 5. The van der Waals surface area contributed by atoms with Crippen molar-refractivity contribution < 1.29 is 14.2 Å². The topological polar surface area (TPSA) is 48.8 Å². The number of piperazine rings is 1. The summed E-state index contributed by atoms with van der Waals surface area (Å²) in [6, 6.07) is 12.5. The van der Waals surface area contributed by atoms with Crippen LogP contribution in [-0.2, 0) is 11.3 Å². The van der Waals surface area contributed by atoms with E-state index in [2.05, 4.69) is 14.8 Å². The van der Waals surface area contributed by atoms with E-state index >= 15 is 0 Å². The summed E-state index contributed by atoms with van der Waals surface area (Å²) in [5.74, 6) is 0.721. The highest BCUT2D eigenvalue weighted by Gasteiger charge is 2.20. The molecule has 1 fully saturated rings. The zero-order valence-electron chi connectivity index (χ0n) is 14.2. The van der Waals surface area contributed by atoms with Gasteiger partial charge in [0.25, 0.3) is 0 Å². The number of nitrogens with zero attached hydrogens (tertiary/aromatic N) is 3. The first-order valence-electron chi connectivity index (χ1n) is 8.60. The molecule has 0 amide bonds. The summed E-state index contributed by atoms with van der Waals surface area (Å²) < 4.78 is 19.0. The van der Waals surface area contributed by atoms with Gasteiger partial charge in [0, 0.05) is 44.5 Å². The molecule has 3 rings (SSSR count). The van der Waals surface area contributed by atoms with E-state index in [4.69, 9.17) is 4.74 Å². The molecule has 0 bridgehead atoms. The lowest BCUT2D eigenvalue weighted by Crippen LogP contribution is -2.49. The molecule has 134 valence electrons. The van der Waals surface area contributed by atoms with Crippen LogP contribution in [0.25, 0.3) is 0 Å². The Labute approximate surface area is 147 Å². The van der Waals surface area contributed by atoms with Gasteiger partial charge in [-0.1, -0.05) is 24.3 Å². The Morgan fingerprint density at radius 2 is 1.84 bits per heavy atom. The molecule has 1 aliphatic rings. The van der Waals surface area contributed by atoms with E-state index in [1.807, 2.05) is 18.2 Å². The van der Waals surface area contributed by atoms with E-state index in [1.54, 1.807) is 24.4 Å². The van der Waals surface area contributed by atoms with Crippen molar-refractivity contribution >= 4 is 5.82 Å². The summed E-state index contributed by atoms with van der Waals surface area (Å²) in [7, 11) is 0. The molecular formula is C19H24FN3O2. The van der Waals surface area contributed by atoms with E-state index in [9.17, 15) is 9.50 Å². The van der Waals surface area contributed by atoms with Gasteiger partial charge in [0.2, 0.25) is 0 Å². The van der Waals surface area contributed by atoms with Crippen molar-refractivity contribution in [3.63, 3.8) is 0 Å². The molecule has 1 saturated heterocycles. The Morgan fingerprint density at radius 1 is 1.08 bits per heavy atom. The SMILES string of the molecule is OC(COCc1ccccc1F)CN1CCN(c2ccccn2)CC1. The molecule has 2 heterocycles. The first-order chi connectivity index (χ1) is 12.2. The van der Waals surface area contributed by atoms with Crippen LogP contribution in [0.2, 0.25) is 0 Å². The zero-order valence-corrected chi connectivity index (χ0v) is 14.2. The Kier molecular flexibility index (Phi) is 6.33. The van der Waals surface area contributed by atoms with Gasteiger partial charge < -0.3 is 14.7 Å². The number of benzene rings is 1. The Morgan fingerprint density at radius 3 is 2.56 bits per heavy atom. The predicted octanol–water partition coefficient (Wildman–Crippen LogP) is 1.92. The second kappa shape index (κ2) is 8.89. The maximum absolute atomic E-state index is 13.5. The van der Waals surface area contributed by atoms with Crippen molar-refractivity contribution in [1.82, 2.24) is 9.88 Å². The summed E-state index contributed by atoms with van der Waals surface area (Å²) >= 11 is 0. The molecule has 1 N–H and O–H groups in total. The van der Waals surface area contributed by atoms with Crippen LogP contribution in [0.15, 0.2) is 48.7 Å². The number of aliphatic hydroxyl groups is 1. The van der Waals surface area contributed by atoms with Crippen molar-refractivity contribution in [1.29, 1.82) is 0 Å². The molecule has 1 atom stereocenters. The molecule has 6 heteroatoms. The van der Waals surface area contributed by atoms with Gasteiger partial charge >= 0.3 is 0 Å². The van der Waals surface area contributed by atoms with Crippen LogP contribution in [0, 0.1) is 5.82 Å². The molecule has 1 aromatic heterocycles. The fraction of sp³-hybridized carbons (Fsp3) is 0.421. The van der Waals surface area contributed by atoms with Gasteiger partial charge in [0.15, 0.2) is 0 Å². The van der Waals surface area contributed by atoms with Crippen molar-refractivity contribution in [2.24, 2.45) is 0 Å². The summed E-state index contributed by atoms with van der Waals surface area (Å²) in [6.45, 7) is 4.47. The van der Waals surface area contributed by atoms with Crippen LogP contribution >= 0.6 is 0 Å². The zero-order chi connectivity index (χ0) is 17.5. The van der Waals surface area contributed by atoms with Crippen molar-refractivity contribution in [2.45, 2.75) is 12.7 Å². The van der Waals surface area contributed by atoms with Gasteiger partial charge in [-0.15, -0.1) is 0 Å². The van der Waals surface area contributed by atoms with E-state index in [0.29, 0.717) is 12.1 Å². The lowest BCUT2D eigenvalue weighted by atomic mass is 10.2. The molecule has 25 heavy (non-hydrogen) atoms. The van der Waals surface area contributed by atoms with Crippen LogP contribution < -0.4 is 4.90 Å². The van der Waals surface area contributed by atoms with Gasteiger partial charge in [-0.2, -0.15) is 0 Å². The number of halogens is 1. The molecule has 0 saturated carbocycles. The van der Waals surface area contributed by atoms with Gasteiger partial charge in [-0.3, -0.25) is 4.90 Å². The quantitative estimate of drug-likeness (QED) is 0.831. The molecule has 1 unspecified atom stereocenters. The number of β-amino-alcohol motifs (C(OH)–C–C–N with tert-alkyl or cyclic N) is 1. The number of rotatable bonds is 7. The molecule has 5 nitrogen and oxygen atoms in total. The molecule has 2 aromatic rings. The maximum Gasteiger partial charge on any atom is 0.128 e. The van der Waals surface area contributed by atoms with Gasteiger partial charge in [0.05, 0.1) is 19.3 Å². The highest BCUT2D eigenvalue weighted by atomic mass is 19.1. The summed E-state index contributed by atoms with van der Waals surface area (Å²) in [5.41, 5.74) is 0.513. The summed E-state index contributed by atoms with van der Waals surface area (Å²) in [4.78, 5) is 8.84. The van der Waals surface area contributed by atoms with Crippen molar-refractivity contribution in [2.75, 3.05) is 44.2 Å². The summed E-state index contributed by atoms with van der Waals surface area (Å²) in [5, 5.41) is 10.1. The maximum atomic E-state index is 13.5. The van der Waals surface area contributed by atoms with E-state index in [1.165, 1.54) is 6.07 Å². The van der Waals surface area contributed by atoms with Crippen molar-refractivity contribution in [3.8, 4) is 0 Å². The Balaban J connectivity index is 1.36. The molecule has 0 aliphatic carbocycles. The minimum atomic E-state index is -0.576. The Bertz CT molecular complexity index is 648.